The molecule has 0 bridgehead atoms. The van der Waals surface area contributed by atoms with Crippen molar-refractivity contribution in [1.29, 1.82) is 0 Å². The van der Waals surface area contributed by atoms with Crippen LogP contribution in [0, 0.1) is 0 Å². The first kappa shape index (κ1) is 23.8. The standard InChI is InChI=1S/C30H26O5/c1-2-33-29-19-26(17-18-28(29)34-20-22-9-5-3-6-10-22)30(32)35-21-27(31)25-15-13-24(14-16-25)23-11-7-4-8-12-23/h3-19H,2,20-21H2,1H3. The molecule has 0 saturated heterocycles. The number of carbonyl (C=O) groups is 2. The molecule has 0 radical (unpaired) electrons. The van der Waals surface area contributed by atoms with E-state index in [1.165, 1.54) is 0 Å². The fourth-order valence-electron chi connectivity index (χ4n) is 3.53. The Hall–Kier alpha value is -4.38. The van der Waals surface area contributed by atoms with Gasteiger partial charge in [0.1, 0.15) is 6.61 Å². The van der Waals surface area contributed by atoms with Gasteiger partial charge in [-0.05, 0) is 41.8 Å². The van der Waals surface area contributed by atoms with Gasteiger partial charge in [0, 0.05) is 5.56 Å². The van der Waals surface area contributed by atoms with Crippen LogP contribution in [0.5, 0.6) is 11.5 Å². The van der Waals surface area contributed by atoms with E-state index in [-0.39, 0.29) is 18.0 Å². The first-order valence-corrected chi connectivity index (χ1v) is 11.4. The van der Waals surface area contributed by atoms with Crippen molar-refractivity contribution in [1.82, 2.24) is 0 Å². The number of ether oxygens (including phenoxy) is 3. The maximum absolute atomic E-state index is 12.6. The van der Waals surface area contributed by atoms with Crippen LogP contribution in [0.2, 0.25) is 0 Å². The SMILES string of the molecule is CCOc1cc(C(=O)OCC(=O)c2ccc(-c3ccccc3)cc2)ccc1OCc1ccccc1. The van der Waals surface area contributed by atoms with E-state index in [2.05, 4.69) is 0 Å². The number of rotatable bonds is 10. The Labute approximate surface area is 204 Å². The molecule has 0 heterocycles. The fraction of sp³-hybridized carbons (Fsp3) is 0.133. The van der Waals surface area contributed by atoms with Crippen LogP contribution in [-0.2, 0) is 11.3 Å². The van der Waals surface area contributed by atoms with Crippen molar-refractivity contribution in [3.63, 3.8) is 0 Å². The van der Waals surface area contributed by atoms with Gasteiger partial charge < -0.3 is 14.2 Å². The lowest BCUT2D eigenvalue weighted by Crippen LogP contribution is -2.14. The Morgan fingerprint density at radius 2 is 1.29 bits per heavy atom. The molecule has 4 aromatic carbocycles. The van der Waals surface area contributed by atoms with Crippen molar-refractivity contribution in [3.05, 3.63) is 120 Å². The third-order valence-electron chi connectivity index (χ3n) is 5.36. The Balaban J connectivity index is 1.37. The summed E-state index contributed by atoms with van der Waals surface area (Å²) in [5.41, 5.74) is 3.87. The minimum Gasteiger partial charge on any atom is -0.490 e. The molecule has 4 rings (SSSR count). The van der Waals surface area contributed by atoms with Crippen molar-refractivity contribution in [2.45, 2.75) is 13.5 Å². The molecule has 4 aromatic rings. The zero-order valence-electron chi connectivity index (χ0n) is 19.5. The Kier molecular flexibility index (Phi) is 7.92. The molecule has 35 heavy (non-hydrogen) atoms. The number of benzene rings is 4. The highest BCUT2D eigenvalue weighted by Crippen LogP contribution is 2.29. The third kappa shape index (κ3) is 6.36. The molecule has 176 valence electrons. The number of Topliss-reactive ketones (excluding diaryl/α,β-unsaturated/α-hetero) is 1. The fourth-order valence-corrected chi connectivity index (χ4v) is 3.53. The van der Waals surface area contributed by atoms with Gasteiger partial charge in [0.25, 0.3) is 0 Å². The van der Waals surface area contributed by atoms with Gasteiger partial charge in [0.15, 0.2) is 23.9 Å². The second kappa shape index (κ2) is 11.7. The van der Waals surface area contributed by atoms with Crippen molar-refractivity contribution >= 4 is 11.8 Å². The van der Waals surface area contributed by atoms with Gasteiger partial charge in [-0.2, -0.15) is 0 Å². The maximum Gasteiger partial charge on any atom is 0.338 e. The van der Waals surface area contributed by atoms with Crippen molar-refractivity contribution in [2.75, 3.05) is 13.2 Å². The molecule has 0 saturated carbocycles. The van der Waals surface area contributed by atoms with Crippen LogP contribution in [0.1, 0.15) is 33.2 Å². The zero-order chi connectivity index (χ0) is 24.5. The average molecular weight is 467 g/mol. The van der Waals surface area contributed by atoms with E-state index in [0.29, 0.717) is 30.3 Å². The molecule has 0 aliphatic heterocycles. The second-order valence-electron chi connectivity index (χ2n) is 7.81. The predicted molar refractivity (Wildman–Crippen MR) is 135 cm³/mol. The molecule has 0 unspecified atom stereocenters. The van der Waals surface area contributed by atoms with Crippen LogP contribution in [0.4, 0.5) is 0 Å². The van der Waals surface area contributed by atoms with Crippen LogP contribution in [0.25, 0.3) is 11.1 Å². The van der Waals surface area contributed by atoms with Crippen LogP contribution in [0.3, 0.4) is 0 Å². The summed E-state index contributed by atoms with van der Waals surface area (Å²) in [6.45, 7) is 2.30. The third-order valence-corrected chi connectivity index (χ3v) is 5.36. The summed E-state index contributed by atoms with van der Waals surface area (Å²) < 4.78 is 16.8. The van der Waals surface area contributed by atoms with Gasteiger partial charge in [-0.25, -0.2) is 4.79 Å². The minimum absolute atomic E-state index is 0.272. The van der Waals surface area contributed by atoms with Crippen molar-refractivity contribution in [3.8, 4) is 22.6 Å². The van der Waals surface area contributed by atoms with Gasteiger partial charge in [-0.3, -0.25) is 4.79 Å². The lowest BCUT2D eigenvalue weighted by molar-refractivity contribution is 0.0474. The van der Waals surface area contributed by atoms with Crippen LogP contribution < -0.4 is 9.47 Å². The van der Waals surface area contributed by atoms with Crippen molar-refractivity contribution in [2.24, 2.45) is 0 Å². The van der Waals surface area contributed by atoms with E-state index in [9.17, 15) is 9.59 Å². The van der Waals surface area contributed by atoms with Gasteiger partial charge >= 0.3 is 5.97 Å². The summed E-state index contributed by atoms with van der Waals surface area (Å²) in [4.78, 5) is 25.1. The molecule has 5 nitrogen and oxygen atoms in total. The van der Waals surface area contributed by atoms with Gasteiger partial charge in [-0.15, -0.1) is 0 Å². The Bertz CT molecular complexity index is 1270. The molecular weight excluding hydrogens is 440 g/mol. The van der Waals surface area contributed by atoms with Gasteiger partial charge in [0.2, 0.25) is 0 Å². The largest absolute Gasteiger partial charge is 0.490 e. The first-order valence-electron chi connectivity index (χ1n) is 11.4. The van der Waals surface area contributed by atoms with E-state index in [1.54, 1.807) is 30.3 Å². The highest BCUT2D eigenvalue weighted by atomic mass is 16.5. The first-order chi connectivity index (χ1) is 17.1. The summed E-state index contributed by atoms with van der Waals surface area (Å²) in [5.74, 6) is 0.100. The van der Waals surface area contributed by atoms with Crippen molar-refractivity contribution < 1.29 is 23.8 Å². The average Bonchev–Trinajstić information content (AvgIpc) is 2.92. The molecule has 0 aliphatic carbocycles. The number of hydrogen-bond donors (Lipinski definition) is 0. The smallest absolute Gasteiger partial charge is 0.338 e. The van der Waals surface area contributed by atoms with E-state index in [0.717, 1.165) is 16.7 Å². The Morgan fingerprint density at radius 3 is 1.97 bits per heavy atom. The molecule has 0 atom stereocenters. The molecule has 0 N–H and O–H groups in total. The summed E-state index contributed by atoms with van der Waals surface area (Å²) >= 11 is 0. The molecular formula is C30H26O5. The number of hydrogen-bond acceptors (Lipinski definition) is 5. The lowest BCUT2D eigenvalue weighted by Gasteiger charge is -2.13. The topological polar surface area (TPSA) is 61.8 Å². The van der Waals surface area contributed by atoms with Gasteiger partial charge in [-0.1, -0.05) is 84.9 Å². The number of carbonyl (C=O) groups excluding carboxylic acids is 2. The zero-order valence-corrected chi connectivity index (χ0v) is 19.5. The summed E-state index contributed by atoms with van der Waals surface area (Å²) in [5, 5.41) is 0. The summed E-state index contributed by atoms with van der Waals surface area (Å²) in [7, 11) is 0. The second-order valence-corrected chi connectivity index (χ2v) is 7.81. The van der Waals surface area contributed by atoms with Crippen LogP contribution >= 0.6 is 0 Å². The van der Waals surface area contributed by atoms with E-state index in [4.69, 9.17) is 14.2 Å². The molecule has 0 amide bonds. The molecule has 0 aromatic heterocycles. The number of ketones is 1. The van der Waals surface area contributed by atoms with Crippen LogP contribution in [-0.4, -0.2) is 25.0 Å². The monoisotopic (exact) mass is 466 g/mol. The van der Waals surface area contributed by atoms with E-state index < -0.39 is 5.97 Å². The maximum atomic E-state index is 12.6. The quantitative estimate of drug-likeness (QED) is 0.201. The highest BCUT2D eigenvalue weighted by Gasteiger charge is 2.15. The minimum atomic E-state index is -0.602. The normalized spacial score (nSPS) is 10.4. The molecule has 0 spiro atoms. The molecule has 0 aliphatic rings. The molecule has 5 heteroatoms. The van der Waals surface area contributed by atoms with Crippen LogP contribution in [0.15, 0.2) is 103 Å². The Morgan fingerprint density at radius 1 is 0.657 bits per heavy atom. The summed E-state index contributed by atoms with van der Waals surface area (Å²) in [6.07, 6.45) is 0. The predicted octanol–water partition coefficient (Wildman–Crippen LogP) is 6.37. The lowest BCUT2D eigenvalue weighted by atomic mass is 10.0. The molecule has 0 fully saturated rings. The van der Waals surface area contributed by atoms with E-state index >= 15 is 0 Å². The highest BCUT2D eigenvalue weighted by molar-refractivity contribution is 5.99. The summed E-state index contributed by atoms with van der Waals surface area (Å²) in [6, 6.07) is 31.8. The number of esters is 1. The van der Waals surface area contributed by atoms with E-state index in [1.807, 2.05) is 79.7 Å². The van der Waals surface area contributed by atoms with Gasteiger partial charge in [0.05, 0.1) is 12.2 Å².